The highest BCUT2D eigenvalue weighted by Crippen LogP contribution is 2.34. The zero-order chi connectivity index (χ0) is 11.6. The standard InChI is InChI=1S/C9H9Cl2NO3/c1-15-9(14)8(12)7-5(11)2-4(10)3-6(7)13/h2-3,8,13H,12H2,1H3/t8-/m1/s1. The molecule has 0 heterocycles. The second-order valence-corrected chi connectivity index (χ2v) is 3.66. The van der Waals surface area contributed by atoms with Crippen LogP contribution in [0.15, 0.2) is 12.1 Å². The lowest BCUT2D eigenvalue weighted by Crippen LogP contribution is -2.23. The molecule has 0 aliphatic rings. The summed E-state index contributed by atoms with van der Waals surface area (Å²) in [5, 5.41) is 9.92. The van der Waals surface area contributed by atoms with Crippen LogP contribution in [0.4, 0.5) is 0 Å². The first-order chi connectivity index (χ1) is 6.97. The van der Waals surface area contributed by atoms with E-state index in [0.29, 0.717) is 0 Å². The summed E-state index contributed by atoms with van der Waals surface area (Å²) in [7, 11) is 1.20. The molecule has 4 nitrogen and oxygen atoms in total. The number of hydrogen-bond acceptors (Lipinski definition) is 4. The van der Waals surface area contributed by atoms with Crippen LogP contribution in [0.2, 0.25) is 10.0 Å². The average molecular weight is 250 g/mol. The Balaban J connectivity index is 3.19. The number of benzene rings is 1. The number of phenolic OH excluding ortho intramolecular Hbond substituents is 1. The number of ether oxygens (including phenoxy) is 1. The molecule has 0 bridgehead atoms. The normalized spacial score (nSPS) is 12.3. The monoisotopic (exact) mass is 249 g/mol. The molecule has 0 spiro atoms. The summed E-state index contributed by atoms with van der Waals surface area (Å²) < 4.78 is 4.44. The van der Waals surface area contributed by atoms with Gasteiger partial charge in [-0.2, -0.15) is 0 Å². The van der Waals surface area contributed by atoms with Gasteiger partial charge in [-0.1, -0.05) is 23.2 Å². The number of aromatic hydroxyl groups is 1. The Labute approximate surface area is 96.5 Å². The summed E-state index contributed by atoms with van der Waals surface area (Å²) in [5.74, 6) is -0.917. The molecule has 1 rings (SSSR count). The van der Waals surface area contributed by atoms with Gasteiger partial charge in [0.25, 0.3) is 0 Å². The van der Waals surface area contributed by atoms with Crippen LogP contribution in [0.25, 0.3) is 0 Å². The fourth-order valence-corrected chi connectivity index (χ4v) is 1.72. The highest BCUT2D eigenvalue weighted by molar-refractivity contribution is 6.35. The molecule has 0 saturated carbocycles. The quantitative estimate of drug-likeness (QED) is 0.786. The predicted molar refractivity (Wildman–Crippen MR) is 57.1 cm³/mol. The van der Waals surface area contributed by atoms with Gasteiger partial charge < -0.3 is 15.6 Å². The zero-order valence-corrected chi connectivity index (χ0v) is 9.34. The maximum atomic E-state index is 11.2. The Morgan fingerprint density at radius 2 is 2.13 bits per heavy atom. The molecule has 1 atom stereocenters. The van der Waals surface area contributed by atoms with E-state index in [1.165, 1.54) is 19.2 Å². The van der Waals surface area contributed by atoms with Crippen LogP contribution in [0.3, 0.4) is 0 Å². The summed E-state index contributed by atoms with van der Waals surface area (Å²) >= 11 is 11.4. The van der Waals surface area contributed by atoms with Gasteiger partial charge in [-0.15, -0.1) is 0 Å². The second-order valence-electron chi connectivity index (χ2n) is 2.82. The summed E-state index contributed by atoms with van der Waals surface area (Å²) in [6.07, 6.45) is 0. The molecule has 0 unspecified atom stereocenters. The van der Waals surface area contributed by atoms with Crippen LogP contribution in [0, 0.1) is 0 Å². The van der Waals surface area contributed by atoms with E-state index in [9.17, 15) is 9.90 Å². The van der Waals surface area contributed by atoms with Crippen molar-refractivity contribution < 1.29 is 14.6 Å². The van der Waals surface area contributed by atoms with Gasteiger partial charge in [-0.3, -0.25) is 4.79 Å². The van der Waals surface area contributed by atoms with E-state index in [2.05, 4.69) is 4.74 Å². The Morgan fingerprint density at radius 3 is 2.60 bits per heavy atom. The van der Waals surface area contributed by atoms with Gasteiger partial charge >= 0.3 is 5.97 Å². The van der Waals surface area contributed by atoms with Gasteiger partial charge in [0.05, 0.1) is 12.1 Å². The van der Waals surface area contributed by atoms with Crippen LogP contribution >= 0.6 is 23.2 Å². The average Bonchev–Trinajstić information content (AvgIpc) is 2.14. The van der Waals surface area contributed by atoms with Crippen molar-refractivity contribution in [1.29, 1.82) is 0 Å². The van der Waals surface area contributed by atoms with Gasteiger partial charge in [0, 0.05) is 10.6 Å². The van der Waals surface area contributed by atoms with Crippen LogP contribution in [0.1, 0.15) is 11.6 Å². The van der Waals surface area contributed by atoms with Gasteiger partial charge in [-0.05, 0) is 12.1 Å². The van der Waals surface area contributed by atoms with E-state index >= 15 is 0 Å². The molecule has 0 aliphatic carbocycles. The van der Waals surface area contributed by atoms with Crippen molar-refractivity contribution in [2.45, 2.75) is 6.04 Å². The smallest absolute Gasteiger partial charge is 0.327 e. The van der Waals surface area contributed by atoms with Crippen molar-refractivity contribution in [1.82, 2.24) is 0 Å². The number of carbonyl (C=O) groups is 1. The third kappa shape index (κ3) is 2.53. The van der Waals surface area contributed by atoms with E-state index in [1.807, 2.05) is 0 Å². The molecule has 3 N–H and O–H groups in total. The summed E-state index contributed by atoms with van der Waals surface area (Å²) in [6, 6.07) is 1.52. The predicted octanol–water partition coefficient (Wildman–Crippen LogP) is 1.87. The highest BCUT2D eigenvalue weighted by atomic mass is 35.5. The molecule has 0 radical (unpaired) electrons. The minimum absolute atomic E-state index is 0.105. The molecule has 0 fully saturated rings. The van der Waals surface area contributed by atoms with Crippen molar-refractivity contribution in [3.8, 4) is 5.75 Å². The highest BCUT2D eigenvalue weighted by Gasteiger charge is 2.23. The minimum Gasteiger partial charge on any atom is -0.507 e. The van der Waals surface area contributed by atoms with E-state index < -0.39 is 12.0 Å². The van der Waals surface area contributed by atoms with Gasteiger partial charge in [0.15, 0.2) is 0 Å². The van der Waals surface area contributed by atoms with Crippen LogP contribution in [-0.4, -0.2) is 18.2 Å². The molecule has 82 valence electrons. The summed E-state index contributed by atoms with van der Waals surface area (Å²) in [6.45, 7) is 0. The topological polar surface area (TPSA) is 72.5 Å². The molecule has 6 heteroatoms. The fraction of sp³-hybridized carbons (Fsp3) is 0.222. The molecule has 0 aliphatic heterocycles. The number of carbonyl (C=O) groups excluding carboxylic acids is 1. The lowest BCUT2D eigenvalue weighted by molar-refractivity contribution is -0.142. The Hall–Kier alpha value is -0.970. The Morgan fingerprint density at radius 1 is 1.53 bits per heavy atom. The minimum atomic E-state index is -1.13. The molecule has 0 saturated heterocycles. The van der Waals surface area contributed by atoms with Crippen molar-refractivity contribution in [3.05, 3.63) is 27.7 Å². The lowest BCUT2D eigenvalue weighted by Gasteiger charge is -2.13. The van der Waals surface area contributed by atoms with E-state index in [0.717, 1.165) is 0 Å². The molecular weight excluding hydrogens is 241 g/mol. The van der Waals surface area contributed by atoms with E-state index in [1.54, 1.807) is 0 Å². The molecular formula is C9H9Cl2NO3. The second kappa shape index (κ2) is 4.70. The van der Waals surface area contributed by atoms with Gasteiger partial charge in [-0.25, -0.2) is 0 Å². The third-order valence-corrected chi connectivity index (χ3v) is 2.37. The Bertz CT molecular complexity index is 372. The molecule has 0 amide bonds. The first kappa shape index (κ1) is 12.1. The van der Waals surface area contributed by atoms with Crippen molar-refractivity contribution in [3.63, 3.8) is 0 Å². The number of phenols is 1. The van der Waals surface area contributed by atoms with Crippen molar-refractivity contribution >= 4 is 29.2 Å². The van der Waals surface area contributed by atoms with Crippen LogP contribution in [0.5, 0.6) is 5.75 Å². The number of rotatable bonds is 2. The van der Waals surface area contributed by atoms with Crippen LogP contribution in [-0.2, 0) is 9.53 Å². The van der Waals surface area contributed by atoms with Crippen molar-refractivity contribution in [2.24, 2.45) is 5.73 Å². The molecule has 15 heavy (non-hydrogen) atoms. The Kier molecular flexibility index (Phi) is 3.79. The lowest BCUT2D eigenvalue weighted by atomic mass is 10.1. The largest absolute Gasteiger partial charge is 0.507 e. The number of esters is 1. The van der Waals surface area contributed by atoms with Gasteiger partial charge in [0.1, 0.15) is 11.8 Å². The number of halogens is 2. The van der Waals surface area contributed by atoms with E-state index in [-0.39, 0.29) is 21.4 Å². The first-order valence-electron chi connectivity index (χ1n) is 3.98. The number of methoxy groups -OCH3 is 1. The number of nitrogens with two attached hydrogens (primary N) is 1. The van der Waals surface area contributed by atoms with Crippen LogP contribution < -0.4 is 5.73 Å². The third-order valence-electron chi connectivity index (χ3n) is 1.84. The van der Waals surface area contributed by atoms with E-state index in [4.69, 9.17) is 28.9 Å². The zero-order valence-electron chi connectivity index (χ0n) is 7.83. The maximum absolute atomic E-state index is 11.2. The molecule has 1 aromatic rings. The van der Waals surface area contributed by atoms with Crippen molar-refractivity contribution in [2.75, 3.05) is 7.11 Å². The van der Waals surface area contributed by atoms with Gasteiger partial charge in [0.2, 0.25) is 0 Å². The first-order valence-corrected chi connectivity index (χ1v) is 4.74. The fourth-order valence-electron chi connectivity index (χ4n) is 1.12. The number of hydrogen-bond donors (Lipinski definition) is 2. The summed E-state index contributed by atoms with van der Waals surface area (Å²) in [5.41, 5.74) is 5.64. The molecule has 0 aromatic heterocycles. The maximum Gasteiger partial charge on any atom is 0.327 e. The summed E-state index contributed by atoms with van der Waals surface area (Å²) in [4.78, 5) is 11.2. The molecule has 1 aromatic carbocycles. The SMILES string of the molecule is COC(=O)[C@H](N)c1c(O)cc(Cl)cc1Cl.